The zero-order chi connectivity index (χ0) is 11.4. The molecule has 14 heavy (non-hydrogen) atoms. The van der Waals surface area contributed by atoms with Gasteiger partial charge in [0.25, 0.3) is 0 Å². The summed E-state index contributed by atoms with van der Waals surface area (Å²) in [5, 5.41) is 0. The molecule has 0 aliphatic rings. The van der Waals surface area contributed by atoms with Crippen molar-refractivity contribution in [3.63, 3.8) is 0 Å². The number of halogens is 1. The van der Waals surface area contributed by atoms with E-state index in [-0.39, 0.29) is 13.0 Å². The first-order valence-electron chi connectivity index (χ1n) is 4.28. The highest BCUT2D eigenvalue weighted by atomic mass is 32.3. The third-order valence-electron chi connectivity index (χ3n) is 1.80. The van der Waals surface area contributed by atoms with Gasteiger partial charge >= 0.3 is 16.2 Å². The summed E-state index contributed by atoms with van der Waals surface area (Å²) in [6, 6.07) is 0. The van der Waals surface area contributed by atoms with Crippen molar-refractivity contribution >= 4 is 16.2 Å². The Labute approximate surface area is 83.7 Å². The molecule has 0 aromatic rings. The van der Waals surface area contributed by atoms with Crippen molar-refractivity contribution in [2.45, 2.75) is 27.2 Å². The predicted molar refractivity (Wildman–Crippen MR) is 49.9 cm³/mol. The zero-order valence-corrected chi connectivity index (χ0v) is 9.36. The fraction of sp³-hybridized carbons (Fsp3) is 0.875. The van der Waals surface area contributed by atoms with Crippen LogP contribution in [0.2, 0.25) is 0 Å². The lowest BCUT2D eigenvalue weighted by Crippen LogP contribution is -2.28. The van der Waals surface area contributed by atoms with Crippen molar-refractivity contribution in [2.75, 3.05) is 12.4 Å². The fourth-order valence-electron chi connectivity index (χ4n) is 0.806. The normalized spacial score (nSPS) is 12.6. The number of esters is 1. The summed E-state index contributed by atoms with van der Waals surface area (Å²) in [5.74, 6) is -1.16. The van der Waals surface area contributed by atoms with Gasteiger partial charge in [0, 0.05) is 0 Å². The van der Waals surface area contributed by atoms with Crippen LogP contribution in [0.1, 0.15) is 27.2 Å². The van der Waals surface area contributed by atoms with Crippen LogP contribution in [0.3, 0.4) is 0 Å². The van der Waals surface area contributed by atoms with Crippen LogP contribution in [0.15, 0.2) is 0 Å². The molecule has 0 N–H and O–H groups in total. The molecule has 4 nitrogen and oxygen atoms in total. The molecule has 0 aliphatic carbocycles. The van der Waals surface area contributed by atoms with Gasteiger partial charge in [-0.2, -0.15) is 8.42 Å². The van der Waals surface area contributed by atoms with E-state index in [4.69, 9.17) is 4.74 Å². The van der Waals surface area contributed by atoms with Crippen LogP contribution in [0, 0.1) is 5.41 Å². The average Bonchev–Trinajstić information content (AvgIpc) is 2.00. The monoisotopic (exact) mass is 226 g/mol. The number of rotatable bonds is 5. The van der Waals surface area contributed by atoms with Crippen LogP contribution in [0.5, 0.6) is 0 Å². The second kappa shape index (κ2) is 4.72. The quantitative estimate of drug-likeness (QED) is 0.523. The molecule has 0 aliphatic heterocycles. The van der Waals surface area contributed by atoms with E-state index in [9.17, 15) is 17.1 Å². The summed E-state index contributed by atoms with van der Waals surface area (Å²) >= 11 is 0. The molecule has 0 unspecified atom stereocenters. The standard InChI is InChI=1S/C8H15FO4S/c1-4-13-7(10)8(2,3)5-6-14(9,11)12/h4-6H2,1-3H3. The topological polar surface area (TPSA) is 60.4 Å². The summed E-state index contributed by atoms with van der Waals surface area (Å²) in [7, 11) is -4.51. The maximum Gasteiger partial charge on any atom is 0.311 e. The molecule has 0 radical (unpaired) electrons. The van der Waals surface area contributed by atoms with Crippen LogP contribution < -0.4 is 0 Å². The first-order valence-corrected chi connectivity index (χ1v) is 5.84. The van der Waals surface area contributed by atoms with Gasteiger partial charge in [-0.05, 0) is 27.2 Å². The molecule has 0 amide bonds. The number of hydrogen-bond donors (Lipinski definition) is 0. The Bertz CT molecular complexity index is 294. The van der Waals surface area contributed by atoms with E-state index in [0.29, 0.717) is 0 Å². The molecule has 0 saturated heterocycles. The summed E-state index contributed by atoms with van der Waals surface area (Å²) < 4.78 is 37.4. The lowest BCUT2D eigenvalue weighted by Gasteiger charge is -2.20. The summed E-state index contributed by atoms with van der Waals surface area (Å²) in [4.78, 5) is 11.2. The average molecular weight is 226 g/mol. The van der Waals surface area contributed by atoms with Crippen molar-refractivity contribution in [2.24, 2.45) is 5.41 Å². The van der Waals surface area contributed by atoms with E-state index in [0.717, 1.165) is 0 Å². The lowest BCUT2D eigenvalue weighted by atomic mass is 9.90. The number of carbonyl (C=O) groups excluding carboxylic acids is 1. The number of ether oxygens (including phenoxy) is 1. The molecular formula is C8H15FO4S. The van der Waals surface area contributed by atoms with Gasteiger partial charge < -0.3 is 4.74 Å². The minimum Gasteiger partial charge on any atom is -0.466 e. The summed E-state index contributed by atoms with van der Waals surface area (Å²) in [6.45, 7) is 4.93. The highest BCUT2D eigenvalue weighted by Crippen LogP contribution is 2.23. The Morgan fingerprint density at radius 3 is 2.29 bits per heavy atom. The van der Waals surface area contributed by atoms with E-state index in [1.54, 1.807) is 6.92 Å². The molecule has 0 spiro atoms. The largest absolute Gasteiger partial charge is 0.466 e. The van der Waals surface area contributed by atoms with Crippen molar-refractivity contribution in [1.29, 1.82) is 0 Å². The van der Waals surface area contributed by atoms with E-state index in [1.807, 2.05) is 0 Å². The van der Waals surface area contributed by atoms with Crippen LogP contribution in [-0.4, -0.2) is 26.7 Å². The van der Waals surface area contributed by atoms with Gasteiger partial charge in [-0.15, -0.1) is 3.89 Å². The van der Waals surface area contributed by atoms with E-state index in [1.165, 1.54) is 13.8 Å². The number of hydrogen-bond acceptors (Lipinski definition) is 4. The molecule has 0 atom stereocenters. The van der Waals surface area contributed by atoms with Gasteiger partial charge in [-0.25, -0.2) is 0 Å². The first-order chi connectivity index (χ1) is 6.19. The molecule has 0 saturated carbocycles. The second-order valence-electron chi connectivity index (χ2n) is 3.60. The van der Waals surface area contributed by atoms with Gasteiger partial charge in [-0.1, -0.05) is 0 Å². The zero-order valence-electron chi connectivity index (χ0n) is 8.54. The van der Waals surface area contributed by atoms with Crippen molar-refractivity contribution in [3.8, 4) is 0 Å². The third-order valence-corrected chi connectivity index (χ3v) is 2.49. The minimum atomic E-state index is -4.51. The van der Waals surface area contributed by atoms with Crippen LogP contribution >= 0.6 is 0 Å². The Morgan fingerprint density at radius 1 is 1.43 bits per heavy atom. The van der Waals surface area contributed by atoms with E-state index >= 15 is 0 Å². The highest BCUT2D eigenvalue weighted by molar-refractivity contribution is 7.86. The van der Waals surface area contributed by atoms with Crippen LogP contribution in [0.25, 0.3) is 0 Å². The molecule has 0 fully saturated rings. The molecule has 0 rings (SSSR count). The Kier molecular flexibility index (Phi) is 4.51. The fourth-order valence-corrected chi connectivity index (χ4v) is 1.56. The molecule has 0 aromatic carbocycles. The minimum absolute atomic E-state index is 0.0787. The second-order valence-corrected chi connectivity index (χ2v) is 5.08. The van der Waals surface area contributed by atoms with E-state index < -0.39 is 27.4 Å². The van der Waals surface area contributed by atoms with Crippen molar-refractivity contribution in [3.05, 3.63) is 0 Å². The molecular weight excluding hydrogens is 211 g/mol. The van der Waals surface area contributed by atoms with Gasteiger partial charge in [0.05, 0.1) is 17.8 Å². The van der Waals surface area contributed by atoms with Crippen molar-refractivity contribution in [1.82, 2.24) is 0 Å². The molecule has 6 heteroatoms. The Hall–Kier alpha value is -0.650. The van der Waals surface area contributed by atoms with Crippen LogP contribution in [0.4, 0.5) is 3.89 Å². The van der Waals surface area contributed by atoms with Crippen molar-refractivity contribution < 1.29 is 21.8 Å². The van der Waals surface area contributed by atoms with Gasteiger partial charge in [0.15, 0.2) is 0 Å². The Morgan fingerprint density at radius 2 is 1.93 bits per heavy atom. The predicted octanol–water partition coefficient (Wildman–Crippen LogP) is 1.27. The van der Waals surface area contributed by atoms with Gasteiger partial charge in [0.1, 0.15) is 0 Å². The first kappa shape index (κ1) is 13.4. The van der Waals surface area contributed by atoms with Gasteiger partial charge in [0.2, 0.25) is 0 Å². The molecule has 0 aromatic heterocycles. The maximum atomic E-state index is 12.2. The number of carbonyl (C=O) groups is 1. The maximum absolute atomic E-state index is 12.2. The van der Waals surface area contributed by atoms with Crippen LogP contribution in [-0.2, 0) is 19.8 Å². The van der Waals surface area contributed by atoms with E-state index in [2.05, 4.69) is 0 Å². The molecule has 84 valence electrons. The summed E-state index contributed by atoms with van der Waals surface area (Å²) in [6.07, 6.45) is -0.0787. The van der Waals surface area contributed by atoms with Gasteiger partial charge in [-0.3, -0.25) is 4.79 Å². The lowest BCUT2D eigenvalue weighted by molar-refractivity contribution is -0.153. The Balaban J connectivity index is 4.27. The molecule has 0 heterocycles. The highest BCUT2D eigenvalue weighted by Gasteiger charge is 2.30. The summed E-state index contributed by atoms with van der Waals surface area (Å²) in [5.41, 5.74) is -0.963. The smallest absolute Gasteiger partial charge is 0.311 e. The SMILES string of the molecule is CCOC(=O)C(C)(C)CCS(=O)(=O)F. The molecule has 0 bridgehead atoms. The third kappa shape index (κ3) is 5.16.